The number of carbonyl (C=O) groups is 2. The summed E-state index contributed by atoms with van der Waals surface area (Å²) in [5.74, 6) is -0.626. The van der Waals surface area contributed by atoms with Crippen molar-refractivity contribution in [2.24, 2.45) is 5.92 Å². The summed E-state index contributed by atoms with van der Waals surface area (Å²) in [5.41, 5.74) is 0.956. The number of hydrogen-bond donors (Lipinski definition) is 0. The zero-order valence-electron chi connectivity index (χ0n) is 10.4. The lowest BCUT2D eigenvalue weighted by atomic mass is 9.76. The summed E-state index contributed by atoms with van der Waals surface area (Å²) in [4.78, 5) is 24.6. The Morgan fingerprint density at radius 1 is 1.42 bits per heavy atom. The fraction of sp³-hybridized carbons (Fsp3) is 0.333. The number of halogens is 2. The molecule has 0 bridgehead atoms. The van der Waals surface area contributed by atoms with Crippen LogP contribution in [0, 0.1) is 5.92 Å². The highest BCUT2D eigenvalue weighted by molar-refractivity contribution is 6.37. The van der Waals surface area contributed by atoms with Crippen molar-refractivity contribution in [1.82, 2.24) is 0 Å². The number of ketones is 2. The fourth-order valence-electron chi connectivity index (χ4n) is 2.46. The lowest BCUT2D eigenvalue weighted by molar-refractivity contribution is -0.126. The molecule has 0 aromatic heterocycles. The van der Waals surface area contributed by atoms with E-state index in [1.54, 1.807) is 24.3 Å². The van der Waals surface area contributed by atoms with Crippen LogP contribution in [0.3, 0.4) is 0 Å². The summed E-state index contributed by atoms with van der Waals surface area (Å²) >= 11 is 12.2. The third kappa shape index (κ3) is 2.75. The van der Waals surface area contributed by atoms with Crippen LogP contribution in [0.15, 0.2) is 47.1 Å². The van der Waals surface area contributed by atoms with E-state index >= 15 is 0 Å². The molecule has 0 radical (unpaired) electrons. The van der Waals surface area contributed by atoms with Crippen LogP contribution in [-0.2, 0) is 9.59 Å². The van der Waals surface area contributed by atoms with Crippen molar-refractivity contribution >= 4 is 34.8 Å². The van der Waals surface area contributed by atoms with E-state index in [0.717, 1.165) is 0 Å². The number of hydrogen-bond acceptors (Lipinski definition) is 2. The molecule has 0 saturated carbocycles. The Hall–Kier alpha value is -1.12. The highest BCUT2D eigenvalue weighted by atomic mass is 35.5. The maximum absolute atomic E-state index is 12.4. The predicted molar refractivity (Wildman–Crippen MR) is 77.3 cm³/mol. The monoisotopic (exact) mass is 296 g/mol. The van der Waals surface area contributed by atoms with Crippen LogP contribution in [0.5, 0.6) is 0 Å². The number of allylic oxidation sites excluding steroid dienone is 7. The molecule has 0 aromatic rings. The first-order valence-corrected chi connectivity index (χ1v) is 6.97. The predicted octanol–water partition coefficient (Wildman–Crippen LogP) is 3.71. The summed E-state index contributed by atoms with van der Waals surface area (Å²) < 4.78 is 0. The fourth-order valence-corrected chi connectivity index (χ4v) is 3.07. The molecule has 0 spiro atoms. The van der Waals surface area contributed by atoms with Crippen LogP contribution in [0.25, 0.3) is 0 Å². The zero-order chi connectivity index (χ0) is 14.0. The van der Waals surface area contributed by atoms with Crippen molar-refractivity contribution < 1.29 is 9.59 Å². The van der Waals surface area contributed by atoms with Crippen molar-refractivity contribution in [3.8, 4) is 0 Å². The highest BCUT2D eigenvalue weighted by Gasteiger charge is 2.39. The third-order valence-electron chi connectivity index (χ3n) is 3.39. The van der Waals surface area contributed by atoms with Gasteiger partial charge in [0.05, 0.1) is 5.38 Å². The minimum Gasteiger partial charge on any atom is -0.294 e. The Balaban J connectivity index is 2.33. The molecule has 0 saturated heterocycles. The van der Waals surface area contributed by atoms with Gasteiger partial charge < -0.3 is 0 Å². The smallest absolute Gasteiger partial charge is 0.165 e. The molecule has 2 nitrogen and oxygen atoms in total. The molecule has 0 aliphatic heterocycles. The Morgan fingerprint density at radius 2 is 2.16 bits per heavy atom. The number of carbonyl (C=O) groups excluding carboxylic acids is 2. The molecule has 0 heterocycles. The van der Waals surface area contributed by atoms with E-state index in [9.17, 15) is 9.59 Å². The van der Waals surface area contributed by atoms with E-state index in [1.807, 2.05) is 0 Å². The summed E-state index contributed by atoms with van der Waals surface area (Å²) in [5, 5.41) is -0.0843. The van der Waals surface area contributed by atoms with Crippen LogP contribution in [-0.4, -0.2) is 16.9 Å². The Kier molecular flexibility index (Phi) is 4.43. The maximum Gasteiger partial charge on any atom is 0.165 e. The van der Waals surface area contributed by atoms with Gasteiger partial charge in [-0.1, -0.05) is 42.5 Å². The van der Waals surface area contributed by atoms with E-state index in [-0.39, 0.29) is 18.0 Å². The normalized spacial score (nSPS) is 25.4. The second-order valence-electron chi connectivity index (χ2n) is 4.61. The molecular weight excluding hydrogens is 283 g/mol. The van der Waals surface area contributed by atoms with E-state index in [0.29, 0.717) is 29.0 Å². The maximum atomic E-state index is 12.4. The molecule has 2 aliphatic carbocycles. The molecule has 4 heteroatoms. The van der Waals surface area contributed by atoms with Crippen molar-refractivity contribution in [1.29, 1.82) is 0 Å². The second-order valence-corrected chi connectivity index (χ2v) is 5.52. The molecule has 2 unspecified atom stereocenters. The van der Waals surface area contributed by atoms with Gasteiger partial charge in [-0.05, 0) is 12.8 Å². The lowest BCUT2D eigenvalue weighted by Crippen LogP contribution is -2.34. The van der Waals surface area contributed by atoms with Crippen molar-refractivity contribution in [3.05, 3.63) is 47.1 Å². The zero-order valence-corrected chi connectivity index (χ0v) is 11.9. The van der Waals surface area contributed by atoms with Crippen molar-refractivity contribution in [2.75, 3.05) is 0 Å². The Bertz CT molecular complexity index is 526. The molecule has 0 fully saturated rings. The Morgan fingerprint density at radius 3 is 2.84 bits per heavy atom. The standard InChI is InChI=1S/C15H14Cl2O2/c1-2-3-6-11(16)10-8-13(18)14-9(15(10)19)5-4-7-12(14)17/h2-3,6-7,10-11H,1,4-5,8H2/b6-3-. The summed E-state index contributed by atoms with van der Waals surface area (Å²) in [6, 6.07) is 0. The van der Waals surface area contributed by atoms with E-state index in [1.165, 1.54) is 0 Å². The summed E-state index contributed by atoms with van der Waals surface area (Å²) in [6.07, 6.45) is 8.15. The SMILES string of the molecule is C=C/C=C\C(Cl)C1CC(=O)C2=C(CCC=C2Cl)C1=O. The number of rotatable bonds is 3. The molecule has 0 aromatic carbocycles. The molecular formula is C15H14Cl2O2. The van der Waals surface area contributed by atoms with Gasteiger partial charge in [0.2, 0.25) is 0 Å². The van der Waals surface area contributed by atoms with Crippen LogP contribution in [0.1, 0.15) is 19.3 Å². The van der Waals surface area contributed by atoms with Gasteiger partial charge in [0, 0.05) is 28.5 Å². The molecule has 2 aliphatic rings. The topological polar surface area (TPSA) is 34.1 Å². The third-order valence-corrected chi connectivity index (χ3v) is 4.19. The van der Waals surface area contributed by atoms with Crippen LogP contribution in [0.2, 0.25) is 0 Å². The first-order chi connectivity index (χ1) is 9.06. The second kappa shape index (κ2) is 5.89. The minimum absolute atomic E-state index is 0.0467. The average molecular weight is 297 g/mol. The average Bonchev–Trinajstić information content (AvgIpc) is 2.40. The molecule has 0 N–H and O–H groups in total. The minimum atomic E-state index is -0.494. The Labute approximate surface area is 122 Å². The van der Waals surface area contributed by atoms with Gasteiger partial charge in [0.1, 0.15) is 0 Å². The van der Waals surface area contributed by atoms with Gasteiger partial charge >= 0.3 is 0 Å². The van der Waals surface area contributed by atoms with Crippen LogP contribution in [0.4, 0.5) is 0 Å². The summed E-state index contributed by atoms with van der Waals surface area (Å²) in [7, 11) is 0. The lowest BCUT2D eigenvalue weighted by Gasteiger charge is -2.28. The molecule has 0 amide bonds. The van der Waals surface area contributed by atoms with Gasteiger partial charge in [-0.25, -0.2) is 0 Å². The highest BCUT2D eigenvalue weighted by Crippen LogP contribution is 2.38. The molecule has 2 atom stereocenters. The summed E-state index contributed by atoms with van der Waals surface area (Å²) in [6.45, 7) is 3.56. The van der Waals surface area contributed by atoms with Crippen LogP contribution >= 0.6 is 23.2 Å². The van der Waals surface area contributed by atoms with E-state index < -0.39 is 11.3 Å². The number of alkyl halides is 1. The van der Waals surface area contributed by atoms with E-state index in [4.69, 9.17) is 23.2 Å². The molecule has 100 valence electrons. The van der Waals surface area contributed by atoms with Gasteiger partial charge in [-0.15, -0.1) is 11.6 Å². The first-order valence-electron chi connectivity index (χ1n) is 6.16. The van der Waals surface area contributed by atoms with E-state index in [2.05, 4.69) is 6.58 Å². The van der Waals surface area contributed by atoms with Gasteiger partial charge in [-0.3, -0.25) is 9.59 Å². The number of Topliss-reactive ketones (excluding diaryl/α,β-unsaturated/α-hetero) is 2. The van der Waals surface area contributed by atoms with Crippen molar-refractivity contribution in [2.45, 2.75) is 24.6 Å². The quantitative estimate of drug-likeness (QED) is 0.588. The first kappa shape index (κ1) is 14.3. The van der Waals surface area contributed by atoms with Gasteiger partial charge in [0.25, 0.3) is 0 Å². The van der Waals surface area contributed by atoms with Gasteiger partial charge in [-0.2, -0.15) is 0 Å². The largest absolute Gasteiger partial charge is 0.294 e. The van der Waals surface area contributed by atoms with Crippen molar-refractivity contribution in [3.63, 3.8) is 0 Å². The van der Waals surface area contributed by atoms with Crippen LogP contribution < -0.4 is 0 Å². The molecule has 2 rings (SSSR count). The molecule has 19 heavy (non-hydrogen) atoms. The van der Waals surface area contributed by atoms with Gasteiger partial charge in [0.15, 0.2) is 11.6 Å².